The molecule has 0 spiro atoms. The largest absolute Gasteiger partial charge is 0.494 e. The summed E-state index contributed by atoms with van der Waals surface area (Å²) in [4.78, 5) is 4.31. The van der Waals surface area contributed by atoms with Gasteiger partial charge in [0.2, 0.25) is 0 Å². The third-order valence-corrected chi connectivity index (χ3v) is 4.83. The van der Waals surface area contributed by atoms with Crippen LogP contribution in [0, 0.1) is 0 Å². The molecule has 2 atom stereocenters. The molecule has 3 rings (SSSR count). The van der Waals surface area contributed by atoms with Crippen LogP contribution in [0.3, 0.4) is 0 Å². The van der Waals surface area contributed by atoms with Crippen molar-refractivity contribution in [3.8, 4) is 11.5 Å². The number of nitrogens with zero attached hydrogens (tertiary/aromatic N) is 1. The molecular formula is C20H31N3O3. The van der Waals surface area contributed by atoms with Crippen LogP contribution in [-0.4, -0.2) is 45.0 Å². The molecule has 2 heterocycles. The molecule has 2 aliphatic heterocycles. The molecular weight excluding hydrogens is 330 g/mol. The van der Waals surface area contributed by atoms with Crippen LogP contribution < -0.4 is 20.1 Å². The van der Waals surface area contributed by atoms with Gasteiger partial charge in [-0.15, -0.1) is 0 Å². The van der Waals surface area contributed by atoms with E-state index in [9.17, 15) is 0 Å². The molecule has 1 saturated heterocycles. The molecule has 0 saturated carbocycles. The highest BCUT2D eigenvalue weighted by Gasteiger charge is 2.22. The quantitative estimate of drug-likeness (QED) is 0.577. The summed E-state index contributed by atoms with van der Waals surface area (Å²) in [6, 6.07) is 4.21. The first-order chi connectivity index (χ1) is 12.7. The van der Waals surface area contributed by atoms with Crippen molar-refractivity contribution in [3.63, 3.8) is 0 Å². The third-order valence-electron chi connectivity index (χ3n) is 4.83. The molecule has 0 radical (unpaired) electrons. The first-order valence-electron chi connectivity index (χ1n) is 9.71. The second-order valence-corrected chi connectivity index (χ2v) is 6.91. The Morgan fingerprint density at radius 3 is 2.96 bits per heavy atom. The maximum absolute atomic E-state index is 5.89. The Bertz CT molecular complexity index is 627. The first-order valence-corrected chi connectivity index (χ1v) is 9.71. The monoisotopic (exact) mass is 361 g/mol. The zero-order chi connectivity index (χ0) is 18.4. The van der Waals surface area contributed by atoms with Crippen LogP contribution in [-0.2, 0) is 17.7 Å². The molecule has 0 aromatic heterocycles. The van der Waals surface area contributed by atoms with Crippen molar-refractivity contribution in [1.82, 2.24) is 10.6 Å². The summed E-state index contributed by atoms with van der Waals surface area (Å²) in [7, 11) is 1.79. The van der Waals surface area contributed by atoms with E-state index < -0.39 is 0 Å². The number of hydrogen-bond acceptors (Lipinski definition) is 4. The van der Waals surface area contributed by atoms with Gasteiger partial charge in [-0.1, -0.05) is 0 Å². The number of fused-ring (bicyclic) bond motifs is 1. The van der Waals surface area contributed by atoms with Gasteiger partial charge in [-0.25, -0.2) is 0 Å². The lowest BCUT2D eigenvalue weighted by molar-refractivity contribution is 0.105. The normalized spacial score (nSPS) is 22.0. The highest BCUT2D eigenvalue weighted by atomic mass is 16.5. The summed E-state index contributed by atoms with van der Waals surface area (Å²) in [5.41, 5.74) is 2.31. The lowest BCUT2D eigenvalue weighted by atomic mass is 10.1. The van der Waals surface area contributed by atoms with E-state index in [4.69, 9.17) is 14.2 Å². The Morgan fingerprint density at radius 2 is 2.23 bits per heavy atom. The summed E-state index contributed by atoms with van der Waals surface area (Å²) in [6.07, 6.45) is 4.91. The molecule has 0 bridgehead atoms. The summed E-state index contributed by atoms with van der Waals surface area (Å²) in [5, 5.41) is 6.74. The van der Waals surface area contributed by atoms with E-state index in [0.717, 1.165) is 49.0 Å². The Kier molecular flexibility index (Phi) is 6.61. The molecule has 6 nitrogen and oxygen atoms in total. The van der Waals surface area contributed by atoms with Crippen molar-refractivity contribution < 1.29 is 14.2 Å². The molecule has 0 amide bonds. The Morgan fingerprint density at radius 1 is 1.35 bits per heavy atom. The number of nitrogens with one attached hydrogen (secondary N) is 2. The predicted octanol–water partition coefficient (Wildman–Crippen LogP) is 2.64. The number of rotatable bonds is 7. The minimum Gasteiger partial charge on any atom is -0.494 e. The predicted molar refractivity (Wildman–Crippen MR) is 103 cm³/mol. The van der Waals surface area contributed by atoms with Crippen LogP contribution in [0.4, 0.5) is 0 Å². The van der Waals surface area contributed by atoms with Crippen LogP contribution >= 0.6 is 0 Å². The molecule has 0 aliphatic carbocycles. The summed E-state index contributed by atoms with van der Waals surface area (Å²) < 4.78 is 17.4. The molecule has 6 heteroatoms. The summed E-state index contributed by atoms with van der Waals surface area (Å²) in [6.45, 7) is 7.15. The van der Waals surface area contributed by atoms with Crippen LogP contribution in [0.1, 0.15) is 44.2 Å². The molecule has 2 unspecified atom stereocenters. The molecule has 1 aromatic rings. The minimum absolute atomic E-state index is 0.231. The Balaban J connectivity index is 1.56. The van der Waals surface area contributed by atoms with Crippen LogP contribution in [0.5, 0.6) is 11.5 Å². The topological polar surface area (TPSA) is 64.1 Å². The van der Waals surface area contributed by atoms with Gasteiger partial charge in [0.15, 0.2) is 5.96 Å². The van der Waals surface area contributed by atoms with Crippen LogP contribution in [0.25, 0.3) is 0 Å². The lowest BCUT2D eigenvalue weighted by Crippen LogP contribution is -2.38. The van der Waals surface area contributed by atoms with E-state index in [2.05, 4.69) is 34.7 Å². The van der Waals surface area contributed by atoms with E-state index in [1.165, 1.54) is 18.4 Å². The fourth-order valence-electron chi connectivity index (χ4n) is 3.53. The highest BCUT2D eigenvalue weighted by molar-refractivity contribution is 5.79. The van der Waals surface area contributed by atoms with Crippen molar-refractivity contribution in [2.75, 3.05) is 26.8 Å². The fraction of sp³-hybridized carbons (Fsp3) is 0.650. The maximum atomic E-state index is 5.89. The smallest absolute Gasteiger partial charge is 0.191 e. The highest BCUT2D eigenvalue weighted by Crippen LogP contribution is 2.35. The van der Waals surface area contributed by atoms with Gasteiger partial charge in [-0.05, 0) is 45.2 Å². The number of aliphatic imine (C=N–C) groups is 1. The minimum atomic E-state index is 0.231. The molecule has 1 fully saturated rings. The van der Waals surface area contributed by atoms with E-state index in [1.54, 1.807) is 7.05 Å². The fourth-order valence-corrected chi connectivity index (χ4v) is 3.53. The molecule has 1 aromatic carbocycles. The summed E-state index contributed by atoms with van der Waals surface area (Å²) in [5.74, 6) is 2.69. The van der Waals surface area contributed by atoms with Crippen LogP contribution in [0.2, 0.25) is 0 Å². The Hall–Kier alpha value is -1.95. The van der Waals surface area contributed by atoms with Gasteiger partial charge in [0.05, 0.1) is 12.7 Å². The number of guanidine groups is 1. The number of ether oxygens (including phenoxy) is 3. The van der Waals surface area contributed by atoms with Crippen molar-refractivity contribution >= 4 is 5.96 Å². The lowest BCUT2D eigenvalue weighted by Gasteiger charge is -2.16. The van der Waals surface area contributed by atoms with Gasteiger partial charge in [0, 0.05) is 44.3 Å². The van der Waals surface area contributed by atoms with E-state index in [0.29, 0.717) is 19.3 Å². The Labute approximate surface area is 156 Å². The van der Waals surface area contributed by atoms with Crippen molar-refractivity contribution in [2.24, 2.45) is 4.99 Å². The van der Waals surface area contributed by atoms with E-state index >= 15 is 0 Å². The van der Waals surface area contributed by atoms with Gasteiger partial charge in [0.25, 0.3) is 0 Å². The second kappa shape index (κ2) is 9.12. The zero-order valence-electron chi connectivity index (χ0n) is 16.1. The number of hydrogen-bond donors (Lipinski definition) is 2. The maximum Gasteiger partial charge on any atom is 0.191 e. The van der Waals surface area contributed by atoms with Gasteiger partial charge < -0.3 is 24.8 Å². The number of benzene rings is 1. The van der Waals surface area contributed by atoms with Gasteiger partial charge in [-0.2, -0.15) is 0 Å². The SMILES string of the molecule is CCOc1cc2c(cc1CNC(=NC)NCCC1CCCO1)OC(C)C2. The average Bonchev–Trinajstić information content (AvgIpc) is 3.26. The van der Waals surface area contributed by atoms with E-state index in [-0.39, 0.29) is 6.10 Å². The molecule has 26 heavy (non-hydrogen) atoms. The zero-order valence-corrected chi connectivity index (χ0v) is 16.1. The van der Waals surface area contributed by atoms with Gasteiger partial charge in [-0.3, -0.25) is 4.99 Å². The van der Waals surface area contributed by atoms with Crippen molar-refractivity contribution in [1.29, 1.82) is 0 Å². The average molecular weight is 361 g/mol. The van der Waals surface area contributed by atoms with E-state index in [1.807, 2.05) is 6.92 Å². The second-order valence-electron chi connectivity index (χ2n) is 6.91. The third kappa shape index (κ3) is 4.81. The van der Waals surface area contributed by atoms with Gasteiger partial charge >= 0.3 is 0 Å². The molecule has 2 N–H and O–H groups in total. The van der Waals surface area contributed by atoms with Gasteiger partial charge in [0.1, 0.15) is 17.6 Å². The molecule has 144 valence electrons. The molecule has 2 aliphatic rings. The summed E-state index contributed by atoms with van der Waals surface area (Å²) >= 11 is 0. The van der Waals surface area contributed by atoms with Crippen molar-refractivity contribution in [2.45, 2.75) is 58.3 Å². The standard InChI is InChI=1S/C20H31N3O3/c1-4-24-18-11-15-10-14(2)26-19(15)12-16(18)13-23-20(21-3)22-8-7-17-6-5-9-25-17/h11-12,14,17H,4-10,13H2,1-3H3,(H2,21,22,23). The van der Waals surface area contributed by atoms with Crippen LogP contribution in [0.15, 0.2) is 17.1 Å². The van der Waals surface area contributed by atoms with Crippen molar-refractivity contribution in [3.05, 3.63) is 23.3 Å². The first kappa shape index (κ1) is 18.8.